The number of nitrogens with one attached hydrogen (secondary N) is 3. The van der Waals surface area contributed by atoms with E-state index >= 15 is 0 Å². The summed E-state index contributed by atoms with van der Waals surface area (Å²) in [6.45, 7) is 0.450. The summed E-state index contributed by atoms with van der Waals surface area (Å²) in [5, 5.41) is 0.957. The first-order valence-corrected chi connectivity index (χ1v) is 26.7. The Morgan fingerprint density at radius 3 is 1.53 bits per heavy atom. The Hall–Kier alpha value is -7.42. The Balaban J connectivity index is 0.000000166. The topological polar surface area (TPSA) is 231 Å². The highest BCUT2D eigenvalue weighted by atomic mass is 32.2. The minimum absolute atomic E-state index is 0.00962. The summed E-state index contributed by atoms with van der Waals surface area (Å²) in [6.07, 6.45) is 0.944. The average Bonchev–Trinajstić information content (AvgIpc) is 4.17. The van der Waals surface area contributed by atoms with Gasteiger partial charge in [0.15, 0.2) is 33.6 Å². The number of methoxy groups -OCH3 is 3. The molecular weight excluding hydrogens is 1060 g/mol. The first kappa shape index (κ1) is 56.3. The number of H-pyrrole nitrogens is 3. The predicted molar refractivity (Wildman–Crippen MR) is 274 cm³/mol. The van der Waals surface area contributed by atoms with Crippen LogP contribution in [0.4, 0.5) is 22.0 Å². The minimum Gasteiger partial charge on any atom is -0.493 e. The molecule has 0 radical (unpaired) electrons. The number of aromatic amines is 3. The van der Waals surface area contributed by atoms with Crippen molar-refractivity contribution < 1.29 is 63.0 Å². The van der Waals surface area contributed by atoms with Crippen LogP contribution in [0.3, 0.4) is 0 Å². The van der Waals surface area contributed by atoms with Crippen LogP contribution in [0.1, 0.15) is 34.6 Å². The second-order valence-corrected chi connectivity index (χ2v) is 20.1. The van der Waals surface area contributed by atoms with Gasteiger partial charge in [0, 0.05) is 62.0 Å². The standard InChI is InChI=1S/C18H21N3O3S.C16H14F3N3O2S.C16H15F2N3O4S/c1-13-16(19-9-8-17(13)24-11-5-10-23-2)12-25(22)18-20-14-6-3-4-7-15(14)21-18;1-10-13(20-7-6-14(10)24-9-16(17,18)19)8-25(23)15-21-11-4-2-3-5-12(11)22-15;1-23-13-5-6-19-12(14(13)24-2)8-26(22)16-20-10-4-3-9(25-15(17)18)7-11(10)21-16/h3-4,6-9H,5,10-12H2,1-2H3,(H,20,21);2-7H,8-9H2,1H3,(H,21,22);3-7,15H,8H2,1-2H3,(H,20,21). The van der Waals surface area contributed by atoms with Crippen molar-refractivity contribution in [3.05, 3.63) is 132 Å². The van der Waals surface area contributed by atoms with Crippen molar-refractivity contribution in [1.29, 1.82) is 0 Å². The highest BCUT2D eigenvalue weighted by molar-refractivity contribution is 7.84. The minimum atomic E-state index is -4.42. The molecule has 6 aromatic heterocycles. The third kappa shape index (κ3) is 15.1. The molecule has 3 N–H and O–H groups in total. The van der Waals surface area contributed by atoms with Gasteiger partial charge in [-0.2, -0.15) is 22.0 Å². The second-order valence-electron chi connectivity index (χ2n) is 16.0. The van der Waals surface area contributed by atoms with Crippen LogP contribution in [0.25, 0.3) is 33.1 Å². The van der Waals surface area contributed by atoms with Crippen LogP contribution >= 0.6 is 0 Å². The Morgan fingerprint density at radius 1 is 0.566 bits per heavy atom. The number of alkyl halides is 5. The summed E-state index contributed by atoms with van der Waals surface area (Å²) >= 11 is 0. The maximum absolute atomic E-state index is 12.7. The Bertz CT molecular complexity index is 3400. The molecule has 6 heterocycles. The summed E-state index contributed by atoms with van der Waals surface area (Å²) in [5.74, 6) is 2.06. The molecule has 9 rings (SSSR count). The number of hydrogen-bond acceptors (Lipinski definition) is 15. The predicted octanol–water partition coefficient (Wildman–Crippen LogP) is 9.39. The van der Waals surface area contributed by atoms with Gasteiger partial charge in [0.2, 0.25) is 0 Å². The van der Waals surface area contributed by atoms with Gasteiger partial charge in [-0.3, -0.25) is 27.6 Å². The van der Waals surface area contributed by atoms with E-state index < -0.39 is 51.8 Å². The van der Waals surface area contributed by atoms with E-state index in [1.54, 1.807) is 32.4 Å². The molecule has 76 heavy (non-hydrogen) atoms. The number of halogens is 5. The molecule has 0 aliphatic heterocycles. The zero-order valence-electron chi connectivity index (χ0n) is 41.3. The second kappa shape index (κ2) is 26.4. The summed E-state index contributed by atoms with van der Waals surface area (Å²) in [5.41, 5.74) is 7.01. The van der Waals surface area contributed by atoms with Crippen molar-refractivity contribution in [2.45, 2.75) is 65.8 Å². The van der Waals surface area contributed by atoms with E-state index in [4.69, 9.17) is 23.7 Å². The highest BCUT2D eigenvalue weighted by Crippen LogP contribution is 2.31. The average molecular weight is 1110 g/mol. The van der Waals surface area contributed by atoms with Crippen molar-refractivity contribution in [2.24, 2.45) is 0 Å². The van der Waals surface area contributed by atoms with E-state index in [1.807, 2.05) is 55.5 Å². The molecule has 18 nitrogen and oxygen atoms in total. The SMILES string of the molecule is COCCCOc1ccnc(CS(=O)c2nc3ccccc3[nH]2)c1C.COc1ccnc(CS(=O)c2nc3ccc(OC(F)F)cc3[nH]2)c1OC.Cc1c(OCC(F)(F)F)ccnc1CS(=O)c1nc2ccccc2[nH]1. The van der Waals surface area contributed by atoms with Gasteiger partial charge in [-0.05, 0) is 62.4 Å². The molecule has 3 atom stereocenters. The smallest absolute Gasteiger partial charge is 0.422 e. The molecule has 0 bridgehead atoms. The summed E-state index contributed by atoms with van der Waals surface area (Å²) in [6, 6.07) is 24.0. The third-order valence-corrected chi connectivity index (χ3v) is 14.3. The van der Waals surface area contributed by atoms with E-state index in [1.165, 1.54) is 50.9 Å². The fraction of sp³-hybridized carbons (Fsp3) is 0.280. The van der Waals surface area contributed by atoms with Gasteiger partial charge < -0.3 is 43.4 Å². The summed E-state index contributed by atoms with van der Waals surface area (Å²) in [4.78, 5) is 34.5. The van der Waals surface area contributed by atoms with Gasteiger partial charge >= 0.3 is 12.8 Å². The van der Waals surface area contributed by atoms with E-state index in [0.29, 0.717) is 74.3 Å². The molecule has 0 aliphatic rings. The molecule has 0 aliphatic carbocycles. The molecule has 0 fully saturated rings. The number of ether oxygens (including phenoxy) is 6. The number of benzene rings is 3. The lowest BCUT2D eigenvalue weighted by Crippen LogP contribution is -2.19. The van der Waals surface area contributed by atoms with Crippen molar-refractivity contribution >= 4 is 65.5 Å². The number of fused-ring (bicyclic) bond motifs is 3. The zero-order valence-corrected chi connectivity index (χ0v) is 43.8. The van der Waals surface area contributed by atoms with Crippen molar-refractivity contribution in [1.82, 2.24) is 44.9 Å². The van der Waals surface area contributed by atoms with E-state index in [-0.39, 0.29) is 28.2 Å². The molecular formula is C50H50F5N9O9S3. The quantitative estimate of drug-likeness (QED) is 0.0477. The number of hydrogen-bond donors (Lipinski definition) is 3. The third-order valence-electron chi connectivity index (χ3n) is 10.9. The molecule has 402 valence electrons. The lowest BCUT2D eigenvalue weighted by atomic mass is 10.2. The molecule has 3 aromatic carbocycles. The van der Waals surface area contributed by atoms with E-state index in [0.717, 1.165) is 40.0 Å². The first-order chi connectivity index (χ1) is 36.5. The fourth-order valence-corrected chi connectivity index (χ4v) is 10.3. The molecule has 0 amide bonds. The molecule has 9 aromatic rings. The van der Waals surface area contributed by atoms with Crippen LogP contribution < -0.4 is 23.7 Å². The molecule has 0 saturated heterocycles. The number of pyridine rings is 3. The van der Waals surface area contributed by atoms with Crippen LogP contribution in [0.2, 0.25) is 0 Å². The summed E-state index contributed by atoms with van der Waals surface area (Å²) in [7, 11) is 0.264. The van der Waals surface area contributed by atoms with Crippen LogP contribution in [-0.4, -0.2) is 111 Å². The maximum Gasteiger partial charge on any atom is 0.422 e. The fourth-order valence-electron chi connectivity index (χ4n) is 7.12. The Labute approximate surface area is 438 Å². The van der Waals surface area contributed by atoms with Crippen molar-refractivity contribution in [2.75, 3.05) is 41.2 Å². The maximum atomic E-state index is 12.7. The number of aromatic nitrogens is 9. The number of nitrogens with zero attached hydrogens (tertiary/aromatic N) is 6. The van der Waals surface area contributed by atoms with E-state index in [9.17, 15) is 34.6 Å². The lowest BCUT2D eigenvalue weighted by molar-refractivity contribution is -0.153. The monoisotopic (exact) mass is 1110 g/mol. The normalized spacial score (nSPS) is 12.6. The van der Waals surface area contributed by atoms with E-state index in [2.05, 4.69) is 49.6 Å². The molecule has 26 heteroatoms. The van der Waals surface area contributed by atoms with Crippen molar-refractivity contribution in [3.63, 3.8) is 0 Å². The van der Waals surface area contributed by atoms with Crippen LogP contribution in [-0.2, 0) is 54.4 Å². The molecule has 0 spiro atoms. The first-order valence-electron chi connectivity index (χ1n) is 22.8. The van der Waals surface area contributed by atoms with Crippen LogP contribution in [0.15, 0.2) is 119 Å². The van der Waals surface area contributed by atoms with Gasteiger partial charge in [0.1, 0.15) is 17.2 Å². The van der Waals surface area contributed by atoms with Gasteiger partial charge in [-0.25, -0.2) is 15.0 Å². The Morgan fingerprint density at radius 2 is 1.04 bits per heavy atom. The van der Waals surface area contributed by atoms with Crippen LogP contribution in [0.5, 0.6) is 28.7 Å². The van der Waals surface area contributed by atoms with Gasteiger partial charge in [-0.1, -0.05) is 24.3 Å². The van der Waals surface area contributed by atoms with Crippen molar-refractivity contribution in [3.8, 4) is 28.7 Å². The van der Waals surface area contributed by atoms with Gasteiger partial charge in [0.25, 0.3) is 0 Å². The van der Waals surface area contributed by atoms with Gasteiger partial charge in [0.05, 0.1) is 121 Å². The summed E-state index contributed by atoms with van der Waals surface area (Å²) < 4.78 is 130. The Kier molecular flexibility index (Phi) is 19.5. The zero-order chi connectivity index (χ0) is 54.4. The number of para-hydroxylation sites is 4. The largest absolute Gasteiger partial charge is 0.493 e. The number of imidazole rings is 3. The lowest BCUT2D eigenvalue weighted by Gasteiger charge is -2.13. The highest BCUT2D eigenvalue weighted by Gasteiger charge is 2.29. The van der Waals surface area contributed by atoms with Crippen LogP contribution in [0, 0.1) is 13.8 Å². The van der Waals surface area contributed by atoms with Gasteiger partial charge in [-0.15, -0.1) is 0 Å². The number of rotatable bonds is 20. The molecule has 3 unspecified atom stereocenters. The molecule has 0 saturated carbocycles.